The van der Waals surface area contributed by atoms with Crippen LogP contribution in [0.2, 0.25) is 0 Å². The first-order chi connectivity index (χ1) is 8.92. The maximum atomic E-state index is 4.26. The molecule has 1 N–H and O–H groups in total. The van der Waals surface area contributed by atoms with E-state index in [9.17, 15) is 0 Å². The SMILES string of the molecule is c1ccc(N2CC(CNc3ccccn3)C2)cc1. The van der Waals surface area contributed by atoms with Crippen molar-refractivity contribution in [3.05, 3.63) is 54.7 Å². The summed E-state index contributed by atoms with van der Waals surface area (Å²) in [5.41, 5.74) is 1.33. The third-order valence-corrected chi connectivity index (χ3v) is 3.32. The van der Waals surface area contributed by atoms with Crippen molar-refractivity contribution in [3.8, 4) is 0 Å². The van der Waals surface area contributed by atoms with Gasteiger partial charge in [-0.1, -0.05) is 24.3 Å². The van der Waals surface area contributed by atoms with Crippen molar-refractivity contribution in [2.24, 2.45) is 5.92 Å². The smallest absolute Gasteiger partial charge is 0.125 e. The molecule has 0 atom stereocenters. The van der Waals surface area contributed by atoms with Crippen LogP contribution < -0.4 is 10.2 Å². The van der Waals surface area contributed by atoms with Crippen molar-refractivity contribution in [3.63, 3.8) is 0 Å². The lowest BCUT2D eigenvalue weighted by Crippen LogP contribution is -2.49. The van der Waals surface area contributed by atoms with Gasteiger partial charge in [0.25, 0.3) is 0 Å². The third kappa shape index (κ3) is 2.45. The molecule has 0 aliphatic carbocycles. The fourth-order valence-corrected chi connectivity index (χ4v) is 2.26. The van der Waals surface area contributed by atoms with Gasteiger partial charge in [0.1, 0.15) is 5.82 Å². The number of nitrogens with one attached hydrogen (secondary N) is 1. The van der Waals surface area contributed by atoms with Crippen molar-refractivity contribution in [1.82, 2.24) is 4.98 Å². The van der Waals surface area contributed by atoms with Crippen LogP contribution in [0.3, 0.4) is 0 Å². The Morgan fingerprint density at radius 3 is 2.56 bits per heavy atom. The molecule has 3 heteroatoms. The maximum Gasteiger partial charge on any atom is 0.125 e. The highest BCUT2D eigenvalue weighted by Crippen LogP contribution is 2.24. The Bertz CT molecular complexity index is 475. The first-order valence-electron chi connectivity index (χ1n) is 6.37. The molecule has 3 rings (SSSR count). The van der Waals surface area contributed by atoms with Crippen molar-refractivity contribution >= 4 is 11.5 Å². The van der Waals surface area contributed by atoms with Gasteiger partial charge in [-0.3, -0.25) is 0 Å². The van der Waals surface area contributed by atoms with Crippen molar-refractivity contribution in [2.45, 2.75) is 0 Å². The summed E-state index contributed by atoms with van der Waals surface area (Å²) < 4.78 is 0. The summed E-state index contributed by atoms with van der Waals surface area (Å²) in [6.07, 6.45) is 1.82. The van der Waals surface area contributed by atoms with Crippen molar-refractivity contribution in [1.29, 1.82) is 0 Å². The van der Waals surface area contributed by atoms with E-state index < -0.39 is 0 Å². The molecule has 1 saturated heterocycles. The molecule has 18 heavy (non-hydrogen) atoms. The van der Waals surface area contributed by atoms with Crippen LogP contribution in [0, 0.1) is 5.92 Å². The number of para-hydroxylation sites is 1. The lowest BCUT2D eigenvalue weighted by molar-refractivity contribution is 0.430. The van der Waals surface area contributed by atoms with Crippen LogP contribution in [-0.4, -0.2) is 24.6 Å². The van der Waals surface area contributed by atoms with Gasteiger partial charge in [0, 0.05) is 37.4 Å². The molecule has 2 aromatic rings. The van der Waals surface area contributed by atoms with Gasteiger partial charge in [-0.25, -0.2) is 4.98 Å². The summed E-state index contributed by atoms with van der Waals surface area (Å²) in [5, 5.41) is 3.38. The van der Waals surface area contributed by atoms with Crippen LogP contribution in [-0.2, 0) is 0 Å². The van der Waals surface area contributed by atoms with E-state index in [4.69, 9.17) is 0 Å². The van der Waals surface area contributed by atoms with E-state index in [1.807, 2.05) is 24.4 Å². The van der Waals surface area contributed by atoms with Gasteiger partial charge in [0.2, 0.25) is 0 Å². The van der Waals surface area contributed by atoms with Crippen LogP contribution >= 0.6 is 0 Å². The topological polar surface area (TPSA) is 28.2 Å². The van der Waals surface area contributed by atoms with Crippen LogP contribution in [0.25, 0.3) is 0 Å². The summed E-state index contributed by atoms with van der Waals surface area (Å²) in [5.74, 6) is 1.68. The predicted molar refractivity (Wildman–Crippen MR) is 74.9 cm³/mol. The van der Waals surface area contributed by atoms with Crippen molar-refractivity contribution in [2.75, 3.05) is 29.9 Å². The van der Waals surface area contributed by atoms with Crippen LogP contribution in [0.15, 0.2) is 54.7 Å². The average molecular weight is 239 g/mol. The molecule has 1 aliphatic heterocycles. The Labute approximate surface area is 107 Å². The highest BCUT2D eigenvalue weighted by Gasteiger charge is 2.26. The molecule has 1 fully saturated rings. The highest BCUT2D eigenvalue weighted by molar-refractivity contribution is 5.48. The van der Waals surface area contributed by atoms with E-state index in [2.05, 4.69) is 45.5 Å². The number of rotatable bonds is 4. The van der Waals surface area contributed by atoms with Gasteiger partial charge >= 0.3 is 0 Å². The summed E-state index contributed by atoms with van der Waals surface area (Å²) >= 11 is 0. The molecule has 1 aromatic carbocycles. The Morgan fingerprint density at radius 2 is 1.83 bits per heavy atom. The first kappa shape index (κ1) is 11.1. The van der Waals surface area contributed by atoms with Gasteiger partial charge in [-0.15, -0.1) is 0 Å². The average Bonchev–Trinajstić information content (AvgIpc) is 2.39. The second-order valence-corrected chi connectivity index (χ2v) is 4.70. The first-order valence-corrected chi connectivity index (χ1v) is 6.37. The van der Waals surface area contributed by atoms with Gasteiger partial charge in [0.05, 0.1) is 0 Å². The minimum absolute atomic E-state index is 0.715. The number of benzene rings is 1. The zero-order chi connectivity index (χ0) is 12.2. The Kier molecular flexibility index (Phi) is 3.13. The zero-order valence-corrected chi connectivity index (χ0v) is 10.3. The molecular weight excluding hydrogens is 222 g/mol. The van der Waals surface area contributed by atoms with Gasteiger partial charge in [0.15, 0.2) is 0 Å². The summed E-state index contributed by atoms with van der Waals surface area (Å²) in [4.78, 5) is 6.67. The minimum Gasteiger partial charge on any atom is -0.371 e. The molecule has 3 nitrogen and oxygen atoms in total. The van der Waals surface area contributed by atoms with Crippen LogP contribution in [0.1, 0.15) is 0 Å². The van der Waals surface area contributed by atoms with Crippen LogP contribution in [0.4, 0.5) is 11.5 Å². The van der Waals surface area contributed by atoms with Gasteiger partial charge < -0.3 is 10.2 Å². The number of anilines is 2. The predicted octanol–water partition coefficient (Wildman–Crippen LogP) is 2.63. The molecule has 2 heterocycles. The molecule has 0 bridgehead atoms. The molecular formula is C15H17N3. The zero-order valence-electron chi connectivity index (χ0n) is 10.3. The minimum atomic E-state index is 0.715. The maximum absolute atomic E-state index is 4.26. The quantitative estimate of drug-likeness (QED) is 0.889. The second kappa shape index (κ2) is 5.08. The third-order valence-electron chi connectivity index (χ3n) is 3.32. The van der Waals surface area contributed by atoms with E-state index >= 15 is 0 Å². The number of aromatic nitrogens is 1. The van der Waals surface area contributed by atoms with Crippen LogP contribution in [0.5, 0.6) is 0 Å². The van der Waals surface area contributed by atoms with Gasteiger partial charge in [-0.2, -0.15) is 0 Å². The summed E-state index contributed by atoms with van der Waals surface area (Å²) in [6, 6.07) is 16.5. The molecule has 1 aliphatic rings. The Balaban J connectivity index is 1.46. The monoisotopic (exact) mass is 239 g/mol. The number of hydrogen-bond acceptors (Lipinski definition) is 3. The fraction of sp³-hybridized carbons (Fsp3) is 0.267. The number of nitrogens with zero attached hydrogens (tertiary/aromatic N) is 2. The lowest BCUT2D eigenvalue weighted by Gasteiger charge is -2.41. The fourth-order valence-electron chi connectivity index (χ4n) is 2.26. The normalized spacial score (nSPS) is 15.2. The molecule has 1 aromatic heterocycles. The lowest BCUT2D eigenvalue weighted by atomic mass is 9.99. The molecule has 0 radical (unpaired) electrons. The number of hydrogen-bond donors (Lipinski definition) is 1. The summed E-state index contributed by atoms with van der Waals surface area (Å²) in [7, 11) is 0. The number of pyridine rings is 1. The standard InChI is InChI=1S/C15H17N3/c1-2-6-14(7-3-1)18-11-13(12-18)10-17-15-8-4-5-9-16-15/h1-9,13H,10-12H2,(H,16,17). The molecule has 0 amide bonds. The summed E-state index contributed by atoms with van der Waals surface area (Å²) in [6.45, 7) is 3.26. The second-order valence-electron chi connectivity index (χ2n) is 4.70. The Morgan fingerprint density at radius 1 is 1.06 bits per heavy atom. The van der Waals surface area contributed by atoms with E-state index in [0.29, 0.717) is 5.92 Å². The van der Waals surface area contributed by atoms with Crippen molar-refractivity contribution < 1.29 is 0 Å². The molecule has 0 saturated carbocycles. The van der Waals surface area contributed by atoms with Gasteiger partial charge in [-0.05, 0) is 24.3 Å². The van der Waals surface area contributed by atoms with E-state index in [-0.39, 0.29) is 0 Å². The van der Waals surface area contributed by atoms with E-state index in [1.54, 1.807) is 0 Å². The van der Waals surface area contributed by atoms with E-state index in [0.717, 1.165) is 25.5 Å². The highest BCUT2D eigenvalue weighted by atomic mass is 15.2. The molecule has 0 unspecified atom stereocenters. The van der Waals surface area contributed by atoms with E-state index in [1.165, 1.54) is 5.69 Å². The molecule has 0 spiro atoms. The largest absolute Gasteiger partial charge is 0.371 e. The molecule has 92 valence electrons. The Hall–Kier alpha value is -2.03.